The number of halogens is 1. The lowest BCUT2D eigenvalue weighted by Crippen LogP contribution is -2.46. The van der Waals surface area contributed by atoms with E-state index in [0.717, 1.165) is 53.8 Å². The van der Waals surface area contributed by atoms with Crippen molar-refractivity contribution in [1.82, 2.24) is 19.9 Å². The molecular weight excluding hydrogens is 422 g/mol. The quantitative estimate of drug-likeness (QED) is 0.615. The summed E-state index contributed by atoms with van der Waals surface area (Å²) >= 11 is 7.56. The number of anilines is 1. The molecule has 2 aromatic heterocycles. The average molecular weight is 444 g/mol. The van der Waals surface area contributed by atoms with Crippen LogP contribution in [0, 0.1) is 0 Å². The molecule has 0 saturated carbocycles. The van der Waals surface area contributed by atoms with Crippen LogP contribution in [-0.2, 0) is 17.6 Å². The summed E-state index contributed by atoms with van der Waals surface area (Å²) in [7, 11) is 1.56. The number of ether oxygens (including phenoxy) is 1. The second-order valence-corrected chi connectivity index (χ2v) is 9.15. The molecule has 30 heavy (non-hydrogen) atoms. The molecule has 7 nitrogen and oxygen atoms in total. The van der Waals surface area contributed by atoms with Crippen molar-refractivity contribution in [2.45, 2.75) is 31.7 Å². The van der Waals surface area contributed by atoms with E-state index in [0.29, 0.717) is 23.9 Å². The average Bonchev–Trinajstić information content (AvgIpc) is 3.36. The number of aromatic nitrogens is 3. The van der Waals surface area contributed by atoms with Crippen LogP contribution in [0.4, 0.5) is 5.69 Å². The summed E-state index contributed by atoms with van der Waals surface area (Å²) in [5.74, 6) is 0.566. The first-order valence-corrected chi connectivity index (χ1v) is 11.3. The smallest absolute Gasteiger partial charge is 0.244 e. The van der Waals surface area contributed by atoms with Gasteiger partial charge in [0, 0.05) is 36.4 Å². The molecule has 2 aliphatic heterocycles. The van der Waals surface area contributed by atoms with Crippen molar-refractivity contribution >= 4 is 44.9 Å². The zero-order valence-corrected chi connectivity index (χ0v) is 18.2. The third-order valence-corrected chi connectivity index (χ3v) is 7.13. The number of carbonyl (C=O) groups is 1. The van der Waals surface area contributed by atoms with Crippen molar-refractivity contribution < 1.29 is 9.53 Å². The Bertz CT molecular complexity index is 1100. The number of benzene rings is 1. The van der Waals surface area contributed by atoms with Crippen LogP contribution in [0.2, 0.25) is 5.02 Å². The summed E-state index contributed by atoms with van der Waals surface area (Å²) in [6.45, 7) is 2.58. The highest BCUT2D eigenvalue weighted by atomic mass is 35.5. The number of thiazole rings is 1. The first-order valence-electron chi connectivity index (χ1n) is 10.1. The van der Waals surface area contributed by atoms with Crippen LogP contribution in [0.5, 0.6) is 5.88 Å². The van der Waals surface area contributed by atoms with Gasteiger partial charge in [-0.1, -0.05) is 22.9 Å². The number of fused-ring (bicyclic) bond motifs is 2. The van der Waals surface area contributed by atoms with E-state index in [1.807, 2.05) is 11.0 Å². The number of likely N-dealkylation sites (tertiary alicyclic amines) is 1. The van der Waals surface area contributed by atoms with E-state index in [1.165, 1.54) is 28.9 Å². The topological polar surface area (TPSA) is 71.5 Å². The predicted octanol–water partition coefficient (Wildman–Crippen LogP) is 3.34. The predicted molar refractivity (Wildman–Crippen MR) is 118 cm³/mol. The Morgan fingerprint density at radius 1 is 1.27 bits per heavy atom. The monoisotopic (exact) mass is 443 g/mol. The van der Waals surface area contributed by atoms with Gasteiger partial charge in [-0.2, -0.15) is 4.98 Å². The summed E-state index contributed by atoms with van der Waals surface area (Å²) in [4.78, 5) is 30.9. The van der Waals surface area contributed by atoms with Crippen molar-refractivity contribution in [3.63, 3.8) is 0 Å². The number of rotatable bonds is 4. The van der Waals surface area contributed by atoms with Crippen molar-refractivity contribution in [2.24, 2.45) is 0 Å². The van der Waals surface area contributed by atoms with Gasteiger partial charge in [0.1, 0.15) is 11.3 Å². The molecular formula is C21H22ClN5O2S. The third kappa shape index (κ3) is 3.58. The van der Waals surface area contributed by atoms with Crippen molar-refractivity contribution in [2.75, 3.05) is 31.6 Å². The van der Waals surface area contributed by atoms with Crippen LogP contribution in [-0.4, -0.2) is 58.5 Å². The van der Waals surface area contributed by atoms with Crippen LogP contribution in [0.25, 0.3) is 10.3 Å². The number of hydrogen-bond acceptors (Lipinski definition) is 7. The lowest BCUT2D eigenvalue weighted by atomic mass is 10.0. The zero-order valence-electron chi connectivity index (χ0n) is 16.7. The largest absolute Gasteiger partial charge is 0.479 e. The molecule has 4 heterocycles. The Labute approximate surface area is 183 Å². The van der Waals surface area contributed by atoms with E-state index >= 15 is 0 Å². The summed E-state index contributed by atoms with van der Waals surface area (Å²) < 4.78 is 5.24. The van der Waals surface area contributed by atoms with Gasteiger partial charge in [0.05, 0.1) is 13.5 Å². The Morgan fingerprint density at radius 2 is 2.10 bits per heavy atom. The zero-order chi connectivity index (χ0) is 20.7. The van der Waals surface area contributed by atoms with Gasteiger partial charge in [-0.05, 0) is 43.0 Å². The van der Waals surface area contributed by atoms with Gasteiger partial charge < -0.3 is 14.5 Å². The number of amides is 1. The van der Waals surface area contributed by atoms with Crippen molar-refractivity contribution in [3.8, 4) is 5.88 Å². The molecule has 0 unspecified atom stereocenters. The Morgan fingerprint density at radius 3 is 2.90 bits per heavy atom. The molecule has 5 rings (SSSR count). The van der Waals surface area contributed by atoms with Gasteiger partial charge in [0.2, 0.25) is 11.8 Å². The lowest BCUT2D eigenvalue weighted by molar-refractivity contribution is -0.131. The van der Waals surface area contributed by atoms with E-state index < -0.39 is 0 Å². The summed E-state index contributed by atoms with van der Waals surface area (Å²) in [5.41, 5.74) is 3.25. The SMILES string of the molecule is COc1ncnc2sc(CC(=O)N3CCC(N4CCc5cc(Cl)ccc54)CC3)nc12. The van der Waals surface area contributed by atoms with Crippen molar-refractivity contribution in [1.29, 1.82) is 0 Å². The van der Waals surface area contributed by atoms with E-state index in [2.05, 4.69) is 32.0 Å². The number of carbonyl (C=O) groups excluding carboxylic acids is 1. The molecule has 156 valence electrons. The number of hydrogen-bond donors (Lipinski definition) is 0. The third-order valence-electron chi connectivity index (χ3n) is 5.93. The minimum atomic E-state index is 0.119. The molecule has 1 fully saturated rings. The molecule has 3 aromatic rings. The first kappa shape index (κ1) is 19.5. The molecule has 0 N–H and O–H groups in total. The van der Waals surface area contributed by atoms with E-state index in [-0.39, 0.29) is 5.91 Å². The van der Waals surface area contributed by atoms with Crippen LogP contribution >= 0.6 is 22.9 Å². The molecule has 0 radical (unpaired) electrons. The minimum absolute atomic E-state index is 0.119. The van der Waals surface area contributed by atoms with Crippen LogP contribution in [0.3, 0.4) is 0 Å². The Balaban J connectivity index is 1.22. The second-order valence-electron chi connectivity index (χ2n) is 7.65. The van der Waals surface area contributed by atoms with E-state index in [9.17, 15) is 4.79 Å². The Kier molecular flexibility index (Phi) is 5.20. The molecule has 0 atom stereocenters. The molecule has 0 bridgehead atoms. The number of piperidine rings is 1. The van der Waals surface area contributed by atoms with Crippen LogP contribution in [0.1, 0.15) is 23.4 Å². The molecule has 2 aliphatic rings. The minimum Gasteiger partial charge on any atom is -0.479 e. The fourth-order valence-electron chi connectivity index (χ4n) is 4.45. The lowest BCUT2D eigenvalue weighted by Gasteiger charge is -2.38. The standard InChI is InChI=1S/C21H22ClN5O2S/c1-29-20-19-21(24-12-23-20)30-17(25-19)11-18(28)26-7-5-15(6-8-26)27-9-4-13-10-14(22)2-3-16(13)27/h2-3,10,12,15H,4-9,11H2,1H3. The highest BCUT2D eigenvalue weighted by Gasteiger charge is 2.31. The molecule has 0 spiro atoms. The van der Waals surface area contributed by atoms with E-state index in [1.54, 1.807) is 7.11 Å². The number of methoxy groups -OCH3 is 1. The number of nitrogens with zero attached hydrogens (tertiary/aromatic N) is 5. The van der Waals surface area contributed by atoms with Gasteiger partial charge in [-0.15, -0.1) is 0 Å². The fraction of sp³-hybridized carbons (Fsp3) is 0.429. The molecule has 0 aliphatic carbocycles. The molecule has 1 saturated heterocycles. The van der Waals surface area contributed by atoms with Gasteiger partial charge in [-0.25, -0.2) is 9.97 Å². The maximum absolute atomic E-state index is 12.9. The molecule has 1 amide bonds. The first-order chi connectivity index (χ1) is 14.6. The highest BCUT2D eigenvalue weighted by molar-refractivity contribution is 7.18. The van der Waals surface area contributed by atoms with Gasteiger partial charge in [0.25, 0.3) is 0 Å². The van der Waals surface area contributed by atoms with Crippen LogP contribution in [0.15, 0.2) is 24.5 Å². The fourth-order valence-corrected chi connectivity index (χ4v) is 5.53. The van der Waals surface area contributed by atoms with Gasteiger partial charge in [0.15, 0.2) is 10.3 Å². The Hall–Kier alpha value is -2.45. The molecule has 1 aromatic carbocycles. The maximum atomic E-state index is 12.9. The summed E-state index contributed by atoms with van der Waals surface area (Å²) in [5, 5.41) is 1.55. The normalized spacial score (nSPS) is 16.9. The van der Waals surface area contributed by atoms with Gasteiger partial charge >= 0.3 is 0 Å². The van der Waals surface area contributed by atoms with Crippen LogP contribution < -0.4 is 9.64 Å². The summed E-state index contributed by atoms with van der Waals surface area (Å²) in [6, 6.07) is 6.65. The molecule has 9 heteroatoms. The second kappa shape index (κ2) is 8.00. The van der Waals surface area contributed by atoms with E-state index in [4.69, 9.17) is 16.3 Å². The summed E-state index contributed by atoms with van der Waals surface area (Å²) in [6.07, 6.45) is 4.75. The highest BCUT2D eigenvalue weighted by Crippen LogP contribution is 2.34. The van der Waals surface area contributed by atoms with Crippen molar-refractivity contribution in [3.05, 3.63) is 40.1 Å². The van der Waals surface area contributed by atoms with Gasteiger partial charge in [-0.3, -0.25) is 4.79 Å². The maximum Gasteiger partial charge on any atom is 0.244 e.